The van der Waals surface area contributed by atoms with Crippen LogP contribution in [0.2, 0.25) is 0 Å². The van der Waals surface area contributed by atoms with Crippen molar-refractivity contribution in [2.24, 2.45) is 9.98 Å². The first kappa shape index (κ1) is 47.3. The van der Waals surface area contributed by atoms with Crippen molar-refractivity contribution >= 4 is 29.5 Å². The van der Waals surface area contributed by atoms with Gasteiger partial charge in [-0.25, -0.2) is 0 Å². The van der Waals surface area contributed by atoms with Crippen LogP contribution in [0.15, 0.2) is 95.2 Å². The van der Waals surface area contributed by atoms with Gasteiger partial charge in [-0.1, -0.05) is 18.2 Å². The average Bonchev–Trinajstić information content (AvgIpc) is 2.97. The van der Waals surface area contributed by atoms with Crippen LogP contribution in [0.3, 0.4) is 0 Å². The molecule has 13 heteroatoms. The summed E-state index contributed by atoms with van der Waals surface area (Å²) in [7, 11) is 0. The van der Waals surface area contributed by atoms with Crippen molar-refractivity contribution in [1.82, 2.24) is 9.97 Å². The predicted molar refractivity (Wildman–Crippen MR) is 171 cm³/mol. The van der Waals surface area contributed by atoms with E-state index in [4.69, 9.17) is 9.98 Å². The molecule has 2 aromatic heterocycles. The number of benzene rings is 3. The fourth-order valence-electron chi connectivity index (χ4n) is 5.29. The van der Waals surface area contributed by atoms with Crippen molar-refractivity contribution in [2.45, 2.75) is 34.6 Å². The Morgan fingerprint density at radius 3 is 1.33 bits per heavy atom. The summed E-state index contributed by atoms with van der Waals surface area (Å²) in [5.41, 5.74) is 11.1. The third kappa shape index (κ3) is 10.8. The van der Waals surface area contributed by atoms with Gasteiger partial charge < -0.3 is 49.6 Å². The normalized spacial score (nSPS) is 10.0. The van der Waals surface area contributed by atoms with E-state index in [2.05, 4.69) is 22.1 Å². The van der Waals surface area contributed by atoms with Gasteiger partial charge in [0.15, 0.2) is 0 Å². The summed E-state index contributed by atoms with van der Waals surface area (Å²) in [5, 5.41) is 12.3. The first-order chi connectivity index (χ1) is 20.2. The molecule has 5 rings (SSSR count). The SMILES string of the molecule is Cc1cc(-c2c(C)ccc([N+](=O)[O-])c2-c2cc(C)c(/N=C/c3ccccn3)c(C)c2)cc(C)c1/N=C/c1ccccn1.[Cl-].[Cl-].[Cl-].[Cl-].[Pd+2].[Pd+2]. The molecule has 0 saturated heterocycles. The number of nitrogens with zero attached hydrogens (tertiary/aromatic N) is 5. The zero-order valence-corrected chi connectivity index (χ0v) is 32.6. The number of nitro groups is 1. The Bertz CT molecular complexity index is 1830. The van der Waals surface area contributed by atoms with Gasteiger partial charge >= 0.3 is 40.8 Å². The van der Waals surface area contributed by atoms with Crippen LogP contribution in [0, 0.1) is 44.7 Å². The second kappa shape index (κ2) is 21.3. The molecule has 0 bridgehead atoms. The van der Waals surface area contributed by atoms with Crippen molar-refractivity contribution in [3.8, 4) is 22.3 Å². The molecule has 0 amide bonds. The molecule has 256 valence electrons. The number of halogens is 4. The van der Waals surface area contributed by atoms with E-state index in [0.29, 0.717) is 5.56 Å². The van der Waals surface area contributed by atoms with E-state index < -0.39 is 0 Å². The van der Waals surface area contributed by atoms with E-state index in [1.54, 1.807) is 30.9 Å². The van der Waals surface area contributed by atoms with Gasteiger partial charge in [0.2, 0.25) is 0 Å². The summed E-state index contributed by atoms with van der Waals surface area (Å²) < 4.78 is 0. The number of hydrogen-bond acceptors (Lipinski definition) is 6. The van der Waals surface area contributed by atoms with Crippen LogP contribution in [0.25, 0.3) is 22.3 Å². The zero-order valence-electron chi connectivity index (χ0n) is 26.4. The van der Waals surface area contributed by atoms with Gasteiger partial charge in [-0.3, -0.25) is 30.1 Å². The number of rotatable bonds is 7. The van der Waals surface area contributed by atoms with Gasteiger partial charge in [-0.15, -0.1) is 0 Å². The number of aryl methyl sites for hydroxylation is 5. The van der Waals surface area contributed by atoms with Gasteiger partial charge in [-0.2, -0.15) is 0 Å². The van der Waals surface area contributed by atoms with Crippen molar-refractivity contribution in [1.29, 1.82) is 0 Å². The predicted octanol–water partition coefficient (Wildman–Crippen LogP) is -3.23. The Balaban J connectivity index is 0. The molecule has 3 aromatic carbocycles. The Kier molecular flexibility index (Phi) is 21.0. The Labute approximate surface area is 333 Å². The van der Waals surface area contributed by atoms with Gasteiger partial charge in [-0.05, 0) is 128 Å². The summed E-state index contributed by atoms with van der Waals surface area (Å²) in [4.78, 5) is 30.1. The van der Waals surface area contributed by atoms with Crippen molar-refractivity contribution in [3.63, 3.8) is 0 Å². The van der Waals surface area contributed by atoms with Crippen LogP contribution in [-0.2, 0) is 40.8 Å². The molecule has 0 N–H and O–H groups in total. The smallest absolute Gasteiger partial charge is 1.00 e. The zero-order chi connectivity index (χ0) is 29.8. The molecule has 0 aliphatic carbocycles. The molecule has 0 unspecified atom stereocenters. The third-order valence-corrected chi connectivity index (χ3v) is 7.18. The maximum Gasteiger partial charge on any atom is 2.00 e. The number of pyridine rings is 2. The molecule has 0 fully saturated rings. The molecule has 0 aliphatic heterocycles. The van der Waals surface area contributed by atoms with Crippen molar-refractivity contribution in [3.05, 3.63) is 135 Å². The van der Waals surface area contributed by atoms with Crippen molar-refractivity contribution < 1.29 is 95.4 Å². The monoisotopic (exact) mass is 905 g/mol. The first-order valence-electron chi connectivity index (χ1n) is 13.6. The maximum atomic E-state index is 12.3. The summed E-state index contributed by atoms with van der Waals surface area (Å²) in [6.07, 6.45) is 6.95. The van der Waals surface area contributed by atoms with E-state index in [-0.39, 0.29) is 101 Å². The quantitative estimate of drug-likeness (QED) is 0.0745. The second-order valence-corrected chi connectivity index (χ2v) is 10.4. The van der Waals surface area contributed by atoms with Crippen LogP contribution in [-0.4, -0.2) is 27.3 Å². The van der Waals surface area contributed by atoms with E-state index >= 15 is 0 Å². The van der Waals surface area contributed by atoms with E-state index in [0.717, 1.165) is 67.3 Å². The molecule has 0 aliphatic rings. The molecular formula is C35H31Cl4N5O2Pd2. The first-order valence-corrected chi connectivity index (χ1v) is 13.6. The minimum Gasteiger partial charge on any atom is -1.00 e. The molecule has 0 saturated carbocycles. The molecule has 0 spiro atoms. The molecule has 2 heterocycles. The largest absolute Gasteiger partial charge is 2.00 e. The number of aromatic nitrogens is 2. The maximum absolute atomic E-state index is 12.3. The Hall–Kier alpha value is -2.82. The Morgan fingerprint density at radius 1 is 0.583 bits per heavy atom. The summed E-state index contributed by atoms with van der Waals surface area (Å²) in [5.74, 6) is 0. The van der Waals surface area contributed by atoms with Gasteiger partial charge in [0.25, 0.3) is 5.69 Å². The van der Waals surface area contributed by atoms with Gasteiger partial charge in [0.1, 0.15) is 0 Å². The second-order valence-electron chi connectivity index (χ2n) is 10.4. The Morgan fingerprint density at radius 2 is 0.979 bits per heavy atom. The minimum atomic E-state index is -0.304. The van der Waals surface area contributed by atoms with E-state index in [9.17, 15) is 10.1 Å². The van der Waals surface area contributed by atoms with E-state index in [1.165, 1.54) is 0 Å². The molecule has 7 nitrogen and oxygen atoms in total. The van der Waals surface area contributed by atoms with Crippen LogP contribution in [0.4, 0.5) is 17.1 Å². The van der Waals surface area contributed by atoms with Crippen LogP contribution >= 0.6 is 0 Å². The molecular weight excluding hydrogens is 877 g/mol. The summed E-state index contributed by atoms with van der Waals surface area (Å²) in [6.45, 7) is 9.97. The van der Waals surface area contributed by atoms with Crippen LogP contribution < -0.4 is 49.6 Å². The van der Waals surface area contributed by atoms with Gasteiger partial charge in [0, 0.05) is 18.5 Å². The van der Waals surface area contributed by atoms with Crippen molar-refractivity contribution in [2.75, 3.05) is 0 Å². The molecule has 0 radical (unpaired) electrons. The van der Waals surface area contributed by atoms with Crippen LogP contribution in [0.5, 0.6) is 0 Å². The third-order valence-electron chi connectivity index (χ3n) is 7.18. The fraction of sp³-hybridized carbons (Fsp3) is 0.143. The van der Waals surface area contributed by atoms with E-state index in [1.807, 2.05) is 89.2 Å². The van der Waals surface area contributed by atoms with Gasteiger partial charge in [0.05, 0.1) is 45.7 Å². The minimum absolute atomic E-state index is 0. The standard InChI is InChI=1S/C35H31N5O2.4ClH.2Pd/c1-22-12-13-31(40(41)42)33(28-18-25(4)35(26(5)19-28)39-21-30-11-7-9-15-37-30)32(22)27-16-23(2)34(24(3)17-27)38-20-29-10-6-8-14-36-29;;;;;;/h6-21H,1-5H3;4*1H;;/q;;;;;2*+2/p-4/b38-20+,39-21+;;;;;;. The number of aliphatic imine (C=N–C) groups is 2. The molecule has 0 atom stereocenters. The average molecular weight is 908 g/mol. The fourth-order valence-corrected chi connectivity index (χ4v) is 5.29. The number of nitro benzene ring substituents is 1. The van der Waals surface area contributed by atoms with Crippen LogP contribution in [0.1, 0.15) is 39.2 Å². The topological polar surface area (TPSA) is 93.6 Å². The number of hydrogen-bond donors (Lipinski definition) is 0. The molecule has 5 aromatic rings. The molecule has 48 heavy (non-hydrogen) atoms. The summed E-state index contributed by atoms with van der Waals surface area (Å²) in [6, 6.07) is 22.8. The summed E-state index contributed by atoms with van der Waals surface area (Å²) >= 11 is 0.